The van der Waals surface area contributed by atoms with Crippen molar-refractivity contribution >= 4 is 25.7 Å². The lowest BCUT2D eigenvalue weighted by Gasteiger charge is -2.19. The highest BCUT2D eigenvalue weighted by molar-refractivity contribution is 7.93. The van der Waals surface area contributed by atoms with Gasteiger partial charge in [0.15, 0.2) is 0 Å². The van der Waals surface area contributed by atoms with Crippen LogP contribution in [0.25, 0.3) is 0 Å². The molecule has 2 aromatic rings. The molecule has 0 aliphatic heterocycles. The van der Waals surface area contributed by atoms with Gasteiger partial charge in [-0.2, -0.15) is 0 Å². The highest BCUT2D eigenvalue weighted by Gasteiger charge is 2.28. The summed E-state index contributed by atoms with van der Waals surface area (Å²) >= 11 is 0. The SMILES string of the molecule is CC(C)(C)c1ccc(NS(=O)(=O)c2cccc(S(=O)(=O)NC3CC3)c2)cc1. The fourth-order valence-electron chi connectivity index (χ4n) is 2.55. The predicted molar refractivity (Wildman–Crippen MR) is 106 cm³/mol. The number of anilines is 1. The van der Waals surface area contributed by atoms with Gasteiger partial charge < -0.3 is 0 Å². The summed E-state index contributed by atoms with van der Waals surface area (Å²) in [6, 6.07) is 12.5. The van der Waals surface area contributed by atoms with E-state index in [9.17, 15) is 16.8 Å². The van der Waals surface area contributed by atoms with Crippen molar-refractivity contribution in [1.29, 1.82) is 0 Å². The summed E-state index contributed by atoms with van der Waals surface area (Å²) in [5.41, 5.74) is 1.48. The van der Waals surface area contributed by atoms with Crippen molar-refractivity contribution in [1.82, 2.24) is 4.72 Å². The Balaban J connectivity index is 1.83. The summed E-state index contributed by atoms with van der Waals surface area (Å²) in [5.74, 6) is 0. The van der Waals surface area contributed by atoms with Crippen molar-refractivity contribution in [3.05, 3.63) is 54.1 Å². The zero-order valence-electron chi connectivity index (χ0n) is 15.6. The van der Waals surface area contributed by atoms with Crippen molar-refractivity contribution < 1.29 is 16.8 Å². The van der Waals surface area contributed by atoms with Gasteiger partial charge in [-0.1, -0.05) is 39.0 Å². The van der Waals surface area contributed by atoms with E-state index in [2.05, 4.69) is 30.2 Å². The molecule has 1 saturated carbocycles. The van der Waals surface area contributed by atoms with Gasteiger partial charge in [-0.25, -0.2) is 21.6 Å². The maximum atomic E-state index is 12.7. The Morgan fingerprint density at radius 3 is 1.93 bits per heavy atom. The molecule has 0 unspecified atom stereocenters. The fraction of sp³-hybridized carbons (Fsp3) is 0.368. The first-order valence-corrected chi connectivity index (χ1v) is 11.7. The highest BCUT2D eigenvalue weighted by atomic mass is 32.2. The second kappa shape index (κ2) is 6.92. The van der Waals surface area contributed by atoms with Crippen LogP contribution < -0.4 is 9.44 Å². The molecule has 6 nitrogen and oxygen atoms in total. The summed E-state index contributed by atoms with van der Waals surface area (Å²) in [5, 5.41) is 0. The third-order valence-corrected chi connectivity index (χ3v) is 7.23. The lowest BCUT2D eigenvalue weighted by atomic mass is 9.87. The third kappa shape index (κ3) is 4.88. The number of benzene rings is 2. The molecule has 27 heavy (non-hydrogen) atoms. The number of rotatable bonds is 6. The van der Waals surface area contributed by atoms with Crippen molar-refractivity contribution in [3.8, 4) is 0 Å². The summed E-state index contributed by atoms with van der Waals surface area (Å²) in [6.07, 6.45) is 1.62. The molecular formula is C19H24N2O4S2. The van der Waals surface area contributed by atoms with Crippen LogP contribution in [0.3, 0.4) is 0 Å². The van der Waals surface area contributed by atoms with Crippen LogP contribution in [0.4, 0.5) is 5.69 Å². The fourth-order valence-corrected chi connectivity index (χ4v) is 5.08. The molecule has 0 heterocycles. The van der Waals surface area contributed by atoms with Crippen molar-refractivity contribution in [2.45, 2.75) is 54.9 Å². The Hall–Kier alpha value is -1.90. The topological polar surface area (TPSA) is 92.3 Å². The van der Waals surface area contributed by atoms with Gasteiger partial charge in [-0.05, 0) is 54.2 Å². The van der Waals surface area contributed by atoms with E-state index in [1.807, 2.05) is 12.1 Å². The monoisotopic (exact) mass is 408 g/mol. The highest BCUT2D eigenvalue weighted by Crippen LogP contribution is 2.26. The smallest absolute Gasteiger partial charge is 0.261 e. The van der Waals surface area contributed by atoms with E-state index in [1.165, 1.54) is 24.3 Å². The summed E-state index contributed by atoms with van der Waals surface area (Å²) in [4.78, 5) is -0.151. The first-order valence-electron chi connectivity index (χ1n) is 8.73. The molecule has 0 aromatic heterocycles. The second-order valence-electron chi connectivity index (χ2n) is 7.80. The van der Waals surface area contributed by atoms with E-state index in [1.54, 1.807) is 12.1 Å². The van der Waals surface area contributed by atoms with Gasteiger partial charge in [0.1, 0.15) is 0 Å². The van der Waals surface area contributed by atoms with E-state index in [4.69, 9.17) is 0 Å². The van der Waals surface area contributed by atoms with E-state index in [-0.39, 0.29) is 21.2 Å². The zero-order chi connectivity index (χ0) is 19.9. The minimum absolute atomic E-state index is 0.0331. The molecule has 0 bridgehead atoms. The molecule has 0 saturated heterocycles. The average Bonchev–Trinajstić information content (AvgIpc) is 3.37. The maximum absolute atomic E-state index is 12.7. The van der Waals surface area contributed by atoms with Crippen LogP contribution in [-0.2, 0) is 25.5 Å². The lowest BCUT2D eigenvalue weighted by molar-refractivity contribution is 0.580. The van der Waals surface area contributed by atoms with Gasteiger partial charge in [-0.3, -0.25) is 4.72 Å². The van der Waals surface area contributed by atoms with E-state index < -0.39 is 20.0 Å². The molecule has 3 rings (SSSR count). The molecule has 1 aliphatic rings. The Labute approximate surface area is 161 Å². The van der Waals surface area contributed by atoms with Crippen LogP contribution in [0.15, 0.2) is 58.3 Å². The lowest BCUT2D eigenvalue weighted by Crippen LogP contribution is -2.26. The number of nitrogens with one attached hydrogen (secondary N) is 2. The van der Waals surface area contributed by atoms with Crippen LogP contribution >= 0.6 is 0 Å². The number of hydrogen-bond donors (Lipinski definition) is 2. The molecule has 1 fully saturated rings. The maximum Gasteiger partial charge on any atom is 0.261 e. The molecule has 2 N–H and O–H groups in total. The Kier molecular flexibility index (Phi) is 5.09. The van der Waals surface area contributed by atoms with Gasteiger partial charge in [0.25, 0.3) is 10.0 Å². The standard InChI is InChI=1S/C19H24N2O4S2/c1-19(2,3)14-7-9-15(10-8-14)20-26(22,23)17-5-4-6-18(13-17)27(24,25)21-16-11-12-16/h4-10,13,16,20-21H,11-12H2,1-3H3. The number of sulfonamides is 2. The summed E-state index contributed by atoms with van der Waals surface area (Å²) in [6.45, 7) is 6.23. The normalized spacial score (nSPS) is 15.5. The van der Waals surface area contributed by atoms with Crippen LogP contribution in [0.5, 0.6) is 0 Å². The molecule has 0 atom stereocenters. The van der Waals surface area contributed by atoms with E-state index >= 15 is 0 Å². The molecule has 1 aliphatic carbocycles. The molecule has 2 aromatic carbocycles. The van der Waals surface area contributed by atoms with E-state index in [0.29, 0.717) is 5.69 Å². The van der Waals surface area contributed by atoms with Gasteiger partial charge >= 0.3 is 0 Å². The van der Waals surface area contributed by atoms with Gasteiger partial charge in [0.2, 0.25) is 10.0 Å². The van der Waals surface area contributed by atoms with Gasteiger partial charge in [-0.15, -0.1) is 0 Å². The number of hydrogen-bond acceptors (Lipinski definition) is 4. The van der Waals surface area contributed by atoms with E-state index in [0.717, 1.165) is 18.4 Å². The third-order valence-electron chi connectivity index (χ3n) is 4.33. The summed E-state index contributed by atoms with van der Waals surface area (Å²) in [7, 11) is -7.62. The second-order valence-corrected chi connectivity index (χ2v) is 11.2. The van der Waals surface area contributed by atoms with Crippen LogP contribution in [0.1, 0.15) is 39.2 Å². The van der Waals surface area contributed by atoms with Gasteiger partial charge in [0, 0.05) is 11.7 Å². The Morgan fingerprint density at radius 1 is 0.852 bits per heavy atom. The average molecular weight is 409 g/mol. The summed E-state index contributed by atoms with van der Waals surface area (Å²) < 4.78 is 55.0. The molecule has 8 heteroatoms. The first kappa shape index (κ1) is 19.9. The minimum Gasteiger partial charge on any atom is -0.280 e. The van der Waals surface area contributed by atoms with Crippen LogP contribution in [0.2, 0.25) is 0 Å². The minimum atomic E-state index is -3.90. The molecule has 0 spiro atoms. The molecular weight excluding hydrogens is 384 g/mol. The van der Waals surface area contributed by atoms with Crippen molar-refractivity contribution in [2.24, 2.45) is 0 Å². The van der Waals surface area contributed by atoms with Gasteiger partial charge in [0.05, 0.1) is 9.79 Å². The first-order chi connectivity index (χ1) is 12.5. The van der Waals surface area contributed by atoms with Crippen molar-refractivity contribution in [3.63, 3.8) is 0 Å². The molecule has 0 radical (unpaired) electrons. The van der Waals surface area contributed by atoms with Crippen LogP contribution in [0, 0.1) is 0 Å². The molecule has 0 amide bonds. The van der Waals surface area contributed by atoms with Crippen molar-refractivity contribution in [2.75, 3.05) is 4.72 Å². The largest absolute Gasteiger partial charge is 0.280 e. The zero-order valence-corrected chi connectivity index (χ0v) is 17.2. The predicted octanol–water partition coefficient (Wildman–Crippen LogP) is 3.23. The molecule has 146 valence electrons. The Morgan fingerprint density at radius 2 is 1.41 bits per heavy atom. The van der Waals surface area contributed by atoms with Crippen LogP contribution in [-0.4, -0.2) is 22.9 Å². The quantitative estimate of drug-likeness (QED) is 0.768. The Bertz CT molecular complexity index is 1030.